The Balaban J connectivity index is 1.61. The van der Waals surface area contributed by atoms with E-state index in [0.717, 1.165) is 39.0 Å². The molecule has 3 unspecified atom stereocenters. The zero-order valence-corrected chi connectivity index (χ0v) is 22.0. The predicted octanol–water partition coefficient (Wildman–Crippen LogP) is 6.06. The minimum atomic E-state index is 0.129. The first-order chi connectivity index (χ1) is 15.8. The van der Waals surface area contributed by atoms with E-state index in [2.05, 4.69) is 44.4 Å². The molecule has 0 radical (unpaired) electrons. The zero-order valence-electron chi connectivity index (χ0n) is 22.0. The van der Waals surface area contributed by atoms with Crippen molar-refractivity contribution in [3.63, 3.8) is 0 Å². The van der Waals surface area contributed by atoms with E-state index in [0.29, 0.717) is 35.9 Å². The number of fused-ring (bicyclic) bond motifs is 5. The molecule has 1 saturated heterocycles. The number of allylic oxidation sites excluding steroid dienone is 2. The molecular weight excluding hydrogens is 408 g/mol. The number of hydrogen-bond acceptors (Lipinski definition) is 3. The van der Waals surface area contributed by atoms with Crippen LogP contribution in [0.1, 0.15) is 98.8 Å². The third-order valence-electron chi connectivity index (χ3n) is 10.5. The molecule has 0 N–H and O–H groups in total. The predicted molar refractivity (Wildman–Crippen MR) is 135 cm³/mol. The Kier molecular flexibility index (Phi) is 7.32. The van der Waals surface area contributed by atoms with Gasteiger partial charge in [-0.2, -0.15) is 0 Å². The van der Waals surface area contributed by atoms with Gasteiger partial charge in [0.1, 0.15) is 0 Å². The SMILES string of the molecule is CCCCCCN1CC2C(CC[C@@]3(C)C2CC[C@@H]3C(=O)N(CC)CC)[C@@]2(C)CCC(=O)C=C12. The highest BCUT2D eigenvalue weighted by atomic mass is 16.2. The van der Waals surface area contributed by atoms with Crippen molar-refractivity contribution < 1.29 is 9.59 Å². The fourth-order valence-corrected chi connectivity index (χ4v) is 8.52. The van der Waals surface area contributed by atoms with Crippen molar-refractivity contribution in [1.29, 1.82) is 0 Å². The van der Waals surface area contributed by atoms with Gasteiger partial charge in [-0.25, -0.2) is 0 Å². The van der Waals surface area contributed by atoms with Crippen molar-refractivity contribution in [3.8, 4) is 0 Å². The van der Waals surface area contributed by atoms with Crippen LogP contribution in [0.5, 0.6) is 0 Å². The Morgan fingerprint density at radius 2 is 1.79 bits per heavy atom. The zero-order chi connectivity index (χ0) is 23.8. The number of hydrogen-bond donors (Lipinski definition) is 0. The molecule has 0 aromatic carbocycles. The third-order valence-corrected chi connectivity index (χ3v) is 10.5. The summed E-state index contributed by atoms with van der Waals surface area (Å²) in [7, 11) is 0. The van der Waals surface area contributed by atoms with Crippen molar-refractivity contribution in [1.82, 2.24) is 9.80 Å². The summed E-state index contributed by atoms with van der Waals surface area (Å²) in [4.78, 5) is 30.7. The van der Waals surface area contributed by atoms with Crippen LogP contribution < -0.4 is 0 Å². The van der Waals surface area contributed by atoms with Gasteiger partial charge in [-0.05, 0) is 75.5 Å². The molecule has 33 heavy (non-hydrogen) atoms. The summed E-state index contributed by atoms with van der Waals surface area (Å²) in [5.74, 6) is 2.87. The fraction of sp³-hybridized carbons (Fsp3) is 0.862. The monoisotopic (exact) mass is 456 g/mol. The maximum absolute atomic E-state index is 13.5. The Labute approximate surface area is 202 Å². The van der Waals surface area contributed by atoms with Gasteiger partial charge in [0.25, 0.3) is 0 Å². The summed E-state index contributed by atoms with van der Waals surface area (Å²) in [6, 6.07) is 0. The summed E-state index contributed by atoms with van der Waals surface area (Å²) < 4.78 is 0. The molecule has 0 spiro atoms. The molecule has 0 aromatic heterocycles. The molecular formula is C29H48N2O2. The Hall–Kier alpha value is -1.32. The third kappa shape index (κ3) is 4.18. The second-order valence-electron chi connectivity index (χ2n) is 12.0. The van der Waals surface area contributed by atoms with E-state index in [9.17, 15) is 9.59 Å². The van der Waals surface area contributed by atoms with E-state index < -0.39 is 0 Å². The first-order valence-electron chi connectivity index (χ1n) is 14.1. The average molecular weight is 457 g/mol. The highest BCUT2D eigenvalue weighted by molar-refractivity contribution is 5.91. The highest BCUT2D eigenvalue weighted by Gasteiger charge is 2.61. The second-order valence-corrected chi connectivity index (χ2v) is 12.0. The Morgan fingerprint density at radius 1 is 1.03 bits per heavy atom. The molecule has 4 rings (SSSR count). The largest absolute Gasteiger partial charge is 0.374 e. The summed E-state index contributed by atoms with van der Waals surface area (Å²) >= 11 is 0. The first-order valence-corrected chi connectivity index (χ1v) is 14.1. The van der Waals surface area contributed by atoms with Gasteiger partial charge in [0.2, 0.25) is 5.91 Å². The van der Waals surface area contributed by atoms with Crippen LogP contribution in [0, 0.1) is 34.5 Å². The Morgan fingerprint density at radius 3 is 2.48 bits per heavy atom. The van der Waals surface area contributed by atoms with Crippen LogP contribution in [0.4, 0.5) is 0 Å². The van der Waals surface area contributed by atoms with Crippen LogP contribution in [0.3, 0.4) is 0 Å². The standard InChI is InChI=1S/C29H48N2O2/c1-6-9-10-11-18-31-20-22-23-12-13-25(27(33)30(7-2)8-3)28(23,4)17-15-24(22)29(5)16-14-21(32)19-26(29)31/h19,22-25H,6-18,20H2,1-5H3/t22?,23?,24?,25-,28+,29-/m1/s1. The van der Waals surface area contributed by atoms with Crippen LogP contribution in [-0.2, 0) is 9.59 Å². The number of piperidine rings is 1. The number of carbonyl (C=O) groups is 2. The lowest BCUT2D eigenvalue weighted by molar-refractivity contribution is -0.143. The molecule has 1 heterocycles. The van der Waals surface area contributed by atoms with Crippen molar-refractivity contribution in [3.05, 3.63) is 11.8 Å². The lowest BCUT2D eigenvalue weighted by Gasteiger charge is -2.61. The van der Waals surface area contributed by atoms with Crippen molar-refractivity contribution in [2.24, 2.45) is 34.5 Å². The lowest BCUT2D eigenvalue weighted by atomic mass is 9.49. The van der Waals surface area contributed by atoms with Gasteiger partial charge in [0.05, 0.1) is 0 Å². The fourth-order valence-electron chi connectivity index (χ4n) is 8.52. The van der Waals surface area contributed by atoms with Crippen LogP contribution in [0.25, 0.3) is 0 Å². The molecule has 4 heteroatoms. The van der Waals surface area contributed by atoms with Crippen LogP contribution >= 0.6 is 0 Å². The molecule has 4 nitrogen and oxygen atoms in total. The summed E-state index contributed by atoms with van der Waals surface area (Å²) in [6.45, 7) is 15.3. The van der Waals surface area contributed by atoms with E-state index in [1.165, 1.54) is 50.6 Å². The Bertz CT molecular complexity index is 772. The van der Waals surface area contributed by atoms with Gasteiger partial charge in [-0.15, -0.1) is 0 Å². The van der Waals surface area contributed by atoms with E-state index in [1.807, 2.05) is 6.08 Å². The van der Waals surface area contributed by atoms with Gasteiger partial charge in [0, 0.05) is 55.7 Å². The summed E-state index contributed by atoms with van der Waals surface area (Å²) in [5, 5.41) is 0. The lowest BCUT2D eigenvalue weighted by Crippen LogP contribution is -2.58. The van der Waals surface area contributed by atoms with Crippen molar-refractivity contribution >= 4 is 11.7 Å². The van der Waals surface area contributed by atoms with Gasteiger partial charge in [-0.3, -0.25) is 9.59 Å². The molecule has 3 fully saturated rings. The quantitative estimate of drug-likeness (QED) is 0.417. The van der Waals surface area contributed by atoms with E-state index in [4.69, 9.17) is 0 Å². The van der Waals surface area contributed by atoms with E-state index in [1.54, 1.807) is 0 Å². The van der Waals surface area contributed by atoms with Gasteiger partial charge < -0.3 is 9.80 Å². The molecule has 0 bridgehead atoms. The van der Waals surface area contributed by atoms with Crippen molar-refractivity contribution in [2.75, 3.05) is 26.2 Å². The van der Waals surface area contributed by atoms with Gasteiger partial charge >= 0.3 is 0 Å². The molecule has 6 atom stereocenters. The number of likely N-dealkylation sites (tertiary alicyclic amines) is 1. The van der Waals surface area contributed by atoms with Crippen LogP contribution in [0.2, 0.25) is 0 Å². The van der Waals surface area contributed by atoms with Gasteiger partial charge in [0.15, 0.2) is 5.78 Å². The molecule has 2 saturated carbocycles. The molecule has 0 aromatic rings. The second kappa shape index (κ2) is 9.74. The smallest absolute Gasteiger partial charge is 0.226 e. The maximum atomic E-state index is 13.5. The van der Waals surface area contributed by atoms with E-state index >= 15 is 0 Å². The minimum absolute atomic E-state index is 0.129. The van der Waals surface area contributed by atoms with Gasteiger partial charge in [-0.1, -0.05) is 40.0 Å². The van der Waals surface area contributed by atoms with Crippen molar-refractivity contribution in [2.45, 2.75) is 98.8 Å². The molecule has 1 amide bonds. The molecule has 186 valence electrons. The highest BCUT2D eigenvalue weighted by Crippen LogP contribution is 2.65. The molecule has 3 aliphatic carbocycles. The topological polar surface area (TPSA) is 40.6 Å². The van der Waals surface area contributed by atoms with Crippen LogP contribution in [0.15, 0.2) is 11.8 Å². The summed E-state index contributed by atoms with van der Waals surface area (Å²) in [5.41, 5.74) is 1.62. The summed E-state index contributed by atoms with van der Waals surface area (Å²) in [6.07, 6.45) is 13.4. The minimum Gasteiger partial charge on any atom is -0.374 e. The average Bonchev–Trinajstić information content (AvgIpc) is 3.15. The molecule has 4 aliphatic rings. The number of nitrogens with zero attached hydrogens (tertiary/aromatic N) is 2. The maximum Gasteiger partial charge on any atom is 0.226 e. The number of amides is 1. The normalized spacial score (nSPS) is 37.8. The number of unbranched alkanes of at least 4 members (excludes halogenated alkanes) is 3. The van der Waals surface area contributed by atoms with Crippen LogP contribution in [-0.4, -0.2) is 47.7 Å². The number of rotatable bonds is 8. The van der Waals surface area contributed by atoms with E-state index in [-0.39, 0.29) is 16.7 Å². The number of ketones is 1. The first kappa shape index (κ1) is 24.8. The number of carbonyl (C=O) groups excluding carboxylic acids is 2. The molecule has 1 aliphatic heterocycles.